The van der Waals surface area contributed by atoms with Gasteiger partial charge in [0, 0.05) is 11.6 Å². The summed E-state index contributed by atoms with van der Waals surface area (Å²) in [5, 5.41) is 13.7. The number of nitrogens with one attached hydrogen (secondary N) is 2. The first kappa shape index (κ1) is 11.7. The smallest absolute Gasteiger partial charge is 0.139 e. The number of nitriles is 1. The molecule has 94 valence electrons. The Balaban J connectivity index is 1.98. The summed E-state index contributed by atoms with van der Waals surface area (Å²) in [5.74, 6) is 0. The molecule has 0 aliphatic rings. The van der Waals surface area contributed by atoms with Crippen molar-refractivity contribution in [3.63, 3.8) is 0 Å². The third-order valence-electron chi connectivity index (χ3n) is 2.85. The molecule has 0 spiro atoms. The zero-order chi connectivity index (χ0) is 13.2. The van der Waals surface area contributed by atoms with Crippen molar-refractivity contribution >= 4 is 28.5 Å². The molecule has 0 bridgehead atoms. The van der Waals surface area contributed by atoms with Crippen molar-refractivity contribution < 1.29 is 4.52 Å². The molecule has 2 N–H and O–H groups in total. The summed E-state index contributed by atoms with van der Waals surface area (Å²) >= 11 is 1.41. The third-order valence-corrected chi connectivity index (χ3v) is 3.61. The molecule has 6 heteroatoms. The van der Waals surface area contributed by atoms with Gasteiger partial charge in [0.15, 0.2) is 0 Å². The largest absolute Gasteiger partial charge is 0.363 e. The number of H-pyrrole nitrogens is 1. The second kappa shape index (κ2) is 4.71. The first-order valence-electron chi connectivity index (χ1n) is 5.62. The van der Waals surface area contributed by atoms with E-state index in [1.165, 1.54) is 11.9 Å². The Labute approximate surface area is 113 Å². The highest BCUT2D eigenvalue weighted by atomic mass is 32.2. The molecule has 0 fully saturated rings. The maximum Gasteiger partial charge on any atom is 0.139 e. The summed E-state index contributed by atoms with van der Waals surface area (Å²) in [7, 11) is 0. The lowest BCUT2D eigenvalue weighted by molar-refractivity contribution is 0.418. The molecule has 3 aromatic rings. The highest BCUT2D eigenvalue weighted by Gasteiger charge is 2.10. The van der Waals surface area contributed by atoms with Crippen LogP contribution in [0.3, 0.4) is 0 Å². The first-order chi connectivity index (χ1) is 9.29. The van der Waals surface area contributed by atoms with E-state index < -0.39 is 0 Å². The lowest BCUT2D eigenvalue weighted by Gasteiger charge is -2.06. The lowest BCUT2D eigenvalue weighted by atomic mass is 10.1. The summed E-state index contributed by atoms with van der Waals surface area (Å²) in [4.78, 5) is 4.03. The van der Waals surface area contributed by atoms with E-state index in [-0.39, 0.29) is 0 Å². The zero-order valence-corrected chi connectivity index (χ0v) is 10.9. The molecule has 0 aliphatic carbocycles. The Morgan fingerprint density at radius 1 is 1.47 bits per heavy atom. The van der Waals surface area contributed by atoms with Gasteiger partial charge in [-0.2, -0.15) is 5.26 Å². The van der Waals surface area contributed by atoms with Gasteiger partial charge in [0.05, 0.1) is 27.9 Å². The van der Waals surface area contributed by atoms with Crippen molar-refractivity contribution in [1.29, 1.82) is 5.26 Å². The van der Waals surface area contributed by atoms with Crippen LogP contribution in [0.1, 0.15) is 11.1 Å². The van der Waals surface area contributed by atoms with E-state index >= 15 is 0 Å². The predicted molar refractivity (Wildman–Crippen MR) is 73.7 cm³/mol. The molecule has 3 rings (SSSR count). The van der Waals surface area contributed by atoms with Gasteiger partial charge in [0.25, 0.3) is 0 Å². The SMILES string of the molecule is Cc1ccc(NSc2cnoc2)c2[nH]cc(C#N)c12. The van der Waals surface area contributed by atoms with E-state index in [1.807, 2.05) is 19.1 Å². The third kappa shape index (κ3) is 2.04. The molecule has 0 radical (unpaired) electrons. The standard InChI is InChI=1S/C13H10N4OS/c1-8-2-3-11(17-19-10-6-16-18-7-10)13-12(8)9(4-14)5-15-13/h2-3,5-7,15,17H,1H3. The van der Waals surface area contributed by atoms with Crippen LogP contribution in [-0.4, -0.2) is 10.1 Å². The molecule has 0 saturated heterocycles. The number of nitrogens with zero attached hydrogens (tertiary/aromatic N) is 2. The van der Waals surface area contributed by atoms with Gasteiger partial charge in [-0.25, -0.2) is 0 Å². The summed E-state index contributed by atoms with van der Waals surface area (Å²) in [6, 6.07) is 6.17. The summed E-state index contributed by atoms with van der Waals surface area (Å²) in [6.45, 7) is 1.99. The number of hydrogen-bond acceptors (Lipinski definition) is 5. The minimum absolute atomic E-state index is 0.658. The average Bonchev–Trinajstić information content (AvgIpc) is 3.07. The maximum atomic E-state index is 9.10. The quantitative estimate of drug-likeness (QED) is 0.713. The van der Waals surface area contributed by atoms with Crippen molar-refractivity contribution in [3.8, 4) is 6.07 Å². The van der Waals surface area contributed by atoms with Crippen LogP contribution in [0.15, 0.2) is 40.2 Å². The van der Waals surface area contributed by atoms with E-state index in [1.54, 1.807) is 18.7 Å². The topological polar surface area (TPSA) is 77.6 Å². The van der Waals surface area contributed by atoms with Crippen LogP contribution < -0.4 is 4.72 Å². The van der Waals surface area contributed by atoms with Gasteiger partial charge in [0.2, 0.25) is 0 Å². The number of benzene rings is 1. The van der Waals surface area contributed by atoms with Crippen LogP contribution in [-0.2, 0) is 0 Å². The Hall–Kier alpha value is -2.39. The Morgan fingerprint density at radius 3 is 3.11 bits per heavy atom. The summed E-state index contributed by atoms with van der Waals surface area (Å²) in [6.07, 6.45) is 4.93. The van der Waals surface area contributed by atoms with E-state index in [0.717, 1.165) is 27.0 Å². The number of aromatic nitrogens is 2. The van der Waals surface area contributed by atoms with Gasteiger partial charge in [-0.15, -0.1) is 0 Å². The van der Waals surface area contributed by atoms with Crippen LogP contribution >= 0.6 is 11.9 Å². The molecule has 0 unspecified atom stereocenters. The van der Waals surface area contributed by atoms with Gasteiger partial charge in [-0.3, -0.25) is 0 Å². The highest BCUT2D eigenvalue weighted by Crippen LogP contribution is 2.31. The highest BCUT2D eigenvalue weighted by molar-refractivity contribution is 8.00. The van der Waals surface area contributed by atoms with Crippen molar-refractivity contribution in [2.75, 3.05) is 4.72 Å². The fourth-order valence-electron chi connectivity index (χ4n) is 1.95. The van der Waals surface area contributed by atoms with Gasteiger partial charge >= 0.3 is 0 Å². The Kier molecular flexibility index (Phi) is 2.89. The van der Waals surface area contributed by atoms with Crippen LogP contribution in [0.4, 0.5) is 5.69 Å². The number of fused-ring (bicyclic) bond motifs is 1. The molecule has 2 heterocycles. The summed E-state index contributed by atoms with van der Waals surface area (Å²) in [5.41, 5.74) is 3.59. The minimum Gasteiger partial charge on any atom is -0.363 e. The van der Waals surface area contributed by atoms with Crippen molar-refractivity contribution in [2.45, 2.75) is 11.8 Å². The van der Waals surface area contributed by atoms with E-state index in [0.29, 0.717) is 5.56 Å². The van der Waals surface area contributed by atoms with Crippen molar-refractivity contribution in [1.82, 2.24) is 10.1 Å². The maximum absolute atomic E-state index is 9.10. The normalized spacial score (nSPS) is 10.5. The van der Waals surface area contributed by atoms with Gasteiger partial charge < -0.3 is 14.2 Å². The second-order valence-corrected chi connectivity index (χ2v) is 4.94. The molecule has 0 atom stereocenters. The van der Waals surface area contributed by atoms with Crippen molar-refractivity contribution in [2.24, 2.45) is 0 Å². The zero-order valence-electron chi connectivity index (χ0n) is 10.1. The number of rotatable bonds is 3. The van der Waals surface area contributed by atoms with E-state index in [9.17, 15) is 0 Å². The molecule has 0 saturated carbocycles. The van der Waals surface area contributed by atoms with Crippen LogP contribution in [0, 0.1) is 18.3 Å². The molecule has 2 aromatic heterocycles. The van der Waals surface area contributed by atoms with Crippen LogP contribution in [0.5, 0.6) is 0 Å². The fraction of sp³-hybridized carbons (Fsp3) is 0.0769. The Morgan fingerprint density at radius 2 is 2.37 bits per heavy atom. The first-order valence-corrected chi connectivity index (χ1v) is 6.44. The average molecular weight is 270 g/mol. The molecule has 0 amide bonds. The van der Waals surface area contributed by atoms with E-state index in [4.69, 9.17) is 9.78 Å². The monoisotopic (exact) mass is 270 g/mol. The van der Waals surface area contributed by atoms with E-state index in [2.05, 4.69) is 20.9 Å². The van der Waals surface area contributed by atoms with Gasteiger partial charge in [0.1, 0.15) is 12.3 Å². The van der Waals surface area contributed by atoms with Crippen molar-refractivity contribution in [3.05, 3.63) is 41.9 Å². The molecular weight excluding hydrogens is 260 g/mol. The predicted octanol–water partition coefficient (Wildman–Crippen LogP) is 3.46. The molecular formula is C13H10N4OS. The lowest BCUT2D eigenvalue weighted by Crippen LogP contribution is -1.89. The van der Waals surface area contributed by atoms with Crippen LogP contribution in [0.25, 0.3) is 10.9 Å². The van der Waals surface area contributed by atoms with Gasteiger partial charge in [-0.05, 0) is 30.5 Å². The second-order valence-electron chi connectivity index (χ2n) is 4.06. The number of aromatic amines is 1. The fourth-order valence-corrected chi connectivity index (χ4v) is 2.54. The number of anilines is 1. The van der Waals surface area contributed by atoms with Crippen LogP contribution in [0.2, 0.25) is 0 Å². The minimum atomic E-state index is 0.658. The molecule has 5 nitrogen and oxygen atoms in total. The number of aryl methyl sites for hydroxylation is 1. The molecule has 19 heavy (non-hydrogen) atoms. The summed E-state index contributed by atoms with van der Waals surface area (Å²) < 4.78 is 8.00. The Bertz CT molecular complexity index is 755. The molecule has 1 aromatic carbocycles. The van der Waals surface area contributed by atoms with Gasteiger partial charge in [-0.1, -0.05) is 11.2 Å². The number of hydrogen-bond donors (Lipinski definition) is 2. The molecule has 0 aliphatic heterocycles.